The van der Waals surface area contributed by atoms with Crippen LogP contribution in [0, 0.1) is 11.8 Å². The van der Waals surface area contributed by atoms with Crippen molar-refractivity contribution in [3.8, 4) is 0 Å². The van der Waals surface area contributed by atoms with E-state index >= 15 is 0 Å². The molecule has 2 heterocycles. The number of aromatic nitrogens is 4. The third-order valence-electron chi connectivity index (χ3n) is 5.34. The van der Waals surface area contributed by atoms with Crippen molar-refractivity contribution in [2.45, 2.75) is 45.3 Å². The van der Waals surface area contributed by atoms with Gasteiger partial charge in [-0.2, -0.15) is 4.98 Å². The molecular formula is C18H25N5O4. The van der Waals surface area contributed by atoms with Crippen molar-refractivity contribution in [1.29, 1.82) is 0 Å². The van der Waals surface area contributed by atoms with Gasteiger partial charge < -0.3 is 20.1 Å². The smallest absolute Gasteiger partial charge is 0.308 e. The van der Waals surface area contributed by atoms with E-state index in [9.17, 15) is 14.7 Å². The summed E-state index contributed by atoms with van der Waals surface area (Å²) in [5, 5.41) is 10.5. The molecular weight excluding hydrogens is 350 g/mol. The molecule has 0 amide bonds. The molecule has 146 valence electrons. The number of nitrogens with two attached hydrogens (primary N) is 1. The van der Waals surface area contributed by atoms with Crippen molar-refractivity contribution < 1.29 is 14.6 Å². The first-order valence-electron chi connectivity index (χ1n) is 9.13. The second kappa shape index (κ2) is 7.51. The molecule has 2 aromatic rings. The molecule has 1 saturated carbocycles. The summed E-state index contributed by atoms with van der Waals surface area (Å²) >= 11 is 0. The molecule has 0 bridgehead atoms. The number of nitrogens with zero attached hydrogens (tertiary/aromatic N) is 3. The van der Waals surface area contributed by atoms with Crippen LogP contribution in [-0.2, 0) is 9.53 Å². The first-order valence-corrected chi connectivity index (χ1v) is 9.13. The predicted octanol–water partition coefficient (Wildman–Crippen LogP) is 1.16. The van der Waals surface area contributed by atoms with E-state index in [0.29, 0.717) is 17.6 Å². The number of fused-ring (bicyclic) bond motifs is 1. The van der Waals surface area contributed by atoms with Crippen LogP contribution in [0.15, 0.2) is 23.3 Å². The van der Waals surface area contributed by atoms with Crippen molar-refractivity contribution in [1.82, 2.24) is 19.5 Å². The lowest BCUT2D eigenvalue weighted by molar-refractivity contribution is -0.150. The number of ether oxygens (including phenoxy) is 1. The standard InChI is InChI=1S/C18H25N5O4/c1-4-10(5-2)17(26)27-7-11-9(3)12(6-13(11)24)23-8-20-14-15(23)21-18(19)22-16(14)25/h8,10-13,24H,3-7H2,1-2H3,(H3,19,21,22,25). The van der Waals surface area contributed by atoms with E-state index in [-0.39, 0.29) is 41.9 Å². The van der Waals surface area contributed by atoms with Crippen LogP contribution in [0.2, 0.25) is 0 Å². The molecule has 4 N–H and O–H groups in total. The summed E-state index contributed by atoms with van der Waals surface area (Å²) in [7, 11) is 0. The number of carbonyl (C=O) groups is 1. The number of aromatic amines is 1. The Labute approximate surface area is 156 Å². The van der Waals surface area contributed by atoms with Gasteiger partial charge in [0.05, 0.1) is 24.4 Å². The van der Waals surface area contributed by atoms with Gasteiger partial charge in [0.1, 0.15) is 6.61 Å². The summed E-state index contributed by atoms with van der Waals surface area (Å²) in [6.07, 6.45) is 2.58. The Morgan fingerprint density at radius 1 is 1.52 bits per heavy atom. The number of rotatable bonds is 6. The second-order valence-corrected chi connectivity index (χ2v) is 6.92. The first-order chi connectivity index (χ1) is 12.9. The lowest BCUT2D eigenvalue weighted by atomic mass is 10.0. The van der Waals surface area contributed by atoms with Crippen LogP contribution < -0.4 is 11.3 Å². The van der Waals surface area contributed by atoms with E-state index in [2.05, 4.69) is 21.5 Å². The highest BCUT2D eigenvalue weighted by atomic mass is 16.5. The van der Waals surface area contributed by atoms with E-state index in [1.54, 1.807) is 4.57 Å². The maximum absolute atomic E-state index is 12.1. The molecule has 9 nitrogen and oxygen atoms in total. The van der Waals surface area contributed by atoms with Gasteiger partial charge in [-0.3, -0.25) is 14.6 Å². The van der Waals surface area contributed by atoms with Crippen molar-refractivity contribution in [3.63, 3.8) is 0 Å². The zero-order valence-corrected chi connectivity index (χ0v) is 15.5. The average Bonchev–Trinajstić information content (AvgIpc) is 3.15. The summed E-state index contributed by atoms with van der Waals surface area (Å²) < 4.78 is 7.12. The molecule has 1 fully saturated rings. The van der Waals surface area contributed by atoms with Gasteiger partial charge in [-0.1, -0.05) is 20.4 Å². The molecule has 9 heteroatoms. The Kier molecular flexibility index (Phi) is 5.31. The molecule has 1 aliphatic rings. The molecule has 3 rings (SSSR count). The molecule has 3 atom stereocenters. The summed E-state index contributed by atoms with van der Waals surface area (Å²) in [6, 6.07) is -0.310. The average molecular weight is 375 g/mol. The Bertz CT molecular complexity index is 914. The fourth-order valence-corrected chi connectivity index (χ4v) is 3.63. The largest absolute Gasteiger partial charge is 0.465 e. The lowest BCUT2D eigenvalue weighted by Gasteiger charge is -2.19. The van der Waals surface area contributed by atoms with E-state index in [4.69, 9.17) is 10.5 Å². The van der Waals surface area contributed by atoms with Crippen molar-refractivity contribution in [2.24, 2.45) is 11.8 Å². The number of anilines is 1. The molecule has 27 heavy (non-hydrogen) atoms. The third kappa shape index (κ3) is 3.46. The second-order valence-electron chi connectivity index (χ2n) is 6.92. The van der Waals surface area contributed by atoms with Crippen LogP contribution in [-0.4, -0.2) is 43.3 Å². The topological polar surface area (TPSA) is 136 Å². The van der Waals surface area contributed by atoms with Crippen molar-refractivity contribution in [2.75, 3.05) is 12.3 Å². The Hall–Kier alpha value is -2.68. The number of imidazole rings is 1. The molecule has 2 aromatic heterocycles. The van der Waals surface area contributed by atoms with E-state index < -0.39 is 11.7 Å². The minimum Gasteiger partial charge on any atom is -0.465 e. The highest BCUT2D eigenvalue weighted by Gasteiger charge is 2.39. The summed E-state index contributed by atoms with van der Waals surface area (Å²) in [6.45, 7) is 8.06. The van der Waals surface area contributed by atoms with Gasteiger partial charge in [0.25, 0.3) is 5.56 Å². The number of aliphatic hydroxyl groups excluding tert-OH is 1. The van der Waals surface area contributed by atoms with Gasteiger partial charge in [0, 0.05) is 5.92 Å². The van der Waals surface area contributed by atoms with E-state index in [0.717, 1.165) is 12.8 Å². The normalized spacial score (nSPS) is 22.7. The molecule has 0 aliphatic heterocycles. The van der Waals surface area contributed by atoms with Crippen LogP contribution in [0.4, 0.5) is 5.95 Å². The minimum atomic E-state index is -0.714. The van der Waals surface area contributed by atoms with Gasteiger partial charge >= 0.3 is 5.97 Å². The highest BCUT2D eigenvalue weighted by molar-refractivity contribution is 5.72. The van der Waals surface area contributed by atoms with E-state index in [1.165, 1.54) is 6.33 Å². The van der Waals surface area contributed by atoms with Crippen molar-refractivity contribution in [3.05, 3.63) is 28.8 Å². The zero-order chi connectivity index (χ0) is 19.7. The quantitative estimate of drug-likeness (QED) is 0.509. The van der Waals surface area contributed by atoms with Gasteiger partial charge in [-0.15, -0.1) is 0 Å². The molecule has 1 aliphatic carbocycles. The van der Waals surface area contributed by atoms with Crippen LogP contribution in [0.1, 0.15) is 39.2 Å². The van der Waals surface area contributed by atoms with Crippen LogP contribution in [0.3, 0.4) is 0 Å². The summed E-state index contributed by atoms with van der Waals surface area (Å²) in [4.78, 5) is 34.7. The highest BCUT2D eigenvalue weighted by Crippen LogP contribution is 2.40. The first kappa shape index (κ1) is 19.1. The molecule has 0 aromatic carbocycles. The fourth-order valence-electron chi connectivity index (χ4n) is 3.63. The number of carbonyl (C=O) groups excluding carboxylic acids is 1. The predicted molar refractivity (Wildman–Crippen MR) is 99.9 cm³/mol. The van der Waals surface area contributed by atoms with Crippen LogP contribution >= 0.6 is 0 Å². The lowest BCUT2D eigenvalue weighted by Crippen LogP contribution is -2.25. The van der Waals surface area contributed by atoms with Crippen LogP contribution in [0.25, 0.3) is 11.2 Å². The zero-order valence-electron chi connectivity index (χ0n) is 15.5. The van der Waals surface area contributed by atoms with E-state index in [1.807, 2.05) is 13.8 Å². The minimum absolute atomic E-state index is 0.00550. The Morgan fingerprint density at radius 3 is 2.89 bits per heavy atom. The number of nitrogen functional groups attached to an aromatic ring is 1. The number of H-pyrrole nitrogens is 1. The van der Waals surface area contributed by atoms with Gasteiger partial charge in [-0.25, -0.2) is 4.98 Å². The molecule has 0 radical (unpaired) electrons. The number of esters is 1. The maximum Gasteiger partial charge on any atom is 0.308 e. The summed E-state index contributed by atoms with van der Waals surface area (Å²) in [5.74, 6) is -0.777. The SMILES string of the molecule is C=C1C(COC(=O)C(CC)CC)C(O)CC1n1cnc2c(=O)[nH]c(N)nc21. The molecule has 0 saturated heterocycles. The summed E-state index contributed by atoms with van der Waals surface area (Å²) in [5.41, 5.74) is 6.44. The molecule has 0 spiro atoms. The van der Waals surface area contributed by atoms with Crippen molar-refractivity contribution >= 4 is 23.1 Å². The van der Waals surface area contributed by atoms with Gasteiger partial charge in [-0.05, 0) is 24.8 Å². The van der Waals surface area contributed by atoms with Gasteiger partial charge in [0.2, 0.25) is 5.95 Å². The van der Waals surface area contributed by atoms with Gasteiger partial charge in [0.15, 0.2) is 11.2 Å². The fraction of sp³-hybridized carbons (Fsp3) is 0.556. The number of nitrogens with one attached hydrogen (secondary N) is 1. The molecule has 3 unspecified atom stereocenters. The number of hydrogen-bond acceptors (Lipinski definition) is 7. The third-order valence-corrected chi connectivity index (χ3v) is 5.34. The number of aliphatic hydroxyl groups is 1. The monoisotopic (exact) mass is 375 g/mol. The maximum atomic E-state index is 12.1. The Balaban J connectivity index is 1.79. The Morgan fingerprint density at radius 2 is 2.22 bits per heavy atom. The number of hydrogen-bond donors (Lipinski definition) is 3. The van der Waals surface area contributed by atoms with Crippen LogP contribution in [0.5, 0.6) is 0 Å².